The average molecular weight is 312 g/mol. The van der Waals surface area contributed by atoms with Gasteiger partial charge in [-0.1, -0.05) is 25.1 Å². The third-order valence-electron chi connectivity index (χ3n) is 2.88. The van der Waals surface area contributed by atoms with Crippen molar-refractivity contribution in [2.24, 2.45) is 0 Å². The highest BCUT2D eigenvalue weighted by Crippen LogP contribution is 2.26. The second-order valence-corrected chi connectivity index (χ2v) is 7.10. The number of hydrogen-bond acceptors (Lipinski definition) is 5. The molecule has 0 aliphatic heterocycles. The summed E-state index contributed by atoms with van der Waals surface area (Å²) < 4.78 is 27.1. The van der Waals surface area contributed by atoms with Gasteiger partial charge in [0.05, 0.1) is 17.2 Å². The predicted molar refractivity (Wildman–Crippen MR) is 79.4 cm³/mol. The van der Waals surface area contributed by atoms with Crippen molar-refractivity contribution in [2.45, 2.75) is 31.8 Å². The molecule has 0 aliphatic carbocycles. The number of nitrogens with one attached hydrogen (secondary N) is 1. The Balaban J connectivity index is 2.35. The molecule has 108 valence electrons. The number of rotatable bonds is 5. The molecular weight excluding hydrogens is 296 g/mol. The molecule has 0 spiro atoms. The molecule has 1 heterocycles. The van der Waals surface area contributed by atoms with Crippen molar-refractivity contribution in [1.82, 2.24) is 4.98 Å². The van der Waals surface area contributed by atoms with E-state index in [-0.39, 0.29) is 11.5 Å². The standard InChI is InChI=1S/C13H16N2O3S2/c1-3-11-9(2)19-13(14-11)15-20(17,18)12-7-5-4-6-10(12)8-16/h4-7,16H,3,8H2,1-2H3,(H,14,15). The number of hydrogen-bond donors (Lipinski definition) is 2. The normalized spacial score (nSPS) is 11.6. The van der Waals surface area contributed by atoms with Gasteiger partial charge in [-0.2, -0.15) is 0 Å². The minimum Gasteiger partial charge on any atom is -0.392 e. The molecule has 20 heavy (non-hydrogen) atoms. The molecule has 0 aliphatic rings. The molecule has 0 unspecified atom stereocenters. The zero-order valence-electron chi connectivity index (χ0n) is 11.3. The van der Waals surface area contributed by atoms with Crippen LogP contribution in [0.25, 0.3) is 0 Å². The van der Waals surface area contributed by atoms with E-state index < -0.39 is 10.0 Å². The second kappa shape index (κ2) is 5.90. The van der Waals surface area contributed by atoms with Crippen LogP contribution < -0.4 is 4.72 Å². The molecule has 0 saturated heterocycles. The molecule has 1 aromatic carbocycles. The lowest BCUT2D eigenvalue weighted by molar-refractivity contribution is 0.278. The SMILES string of the molecule is CCc1nc(NS(=O)(=O)c2ccccc2CO)sc1C. The summed E-state index contributed by atoms with van der Waals surface area (Å²) in [5, 5.41) is 9.58. The van der Waals surface area contributed by atoms with Crippen LogP contribution >= 0.6 is 11.3 Å². The van der Waals surface area contributed by atoms with Crippen LogP contribution in [0.1, 0.15) is 23.1 Å². The number of nitrogens with zero attached hydrogens (tertiary/aromatic N) is 1. The van der Waals surface area contributed by atoms with Crippen LogP contribution in [0, 0.1) is 6.92 Å². The van der Waals surface area contributed by atoms with Crippen molar-refractivity contribution >= 4 is 26.5 Å². The zero-order chi connectivity index (χ0) is 14.8. The van der Waals surface area contributed by atoms with Crippen LogP contribution in [0.2, 0.25) is 0 Å². The largest absolute Gasteiger partial charge is 0.392 e. The molecular formula is C13H16N2O3S2. The monoisotopic (exact) mass is 312 g/mol. The van der Waals surface area contributed by atoms with Gasteiger partial charge in [-0.3, -0.25) is 4.72 Å². The minimum absolute atomic E-state index is 0.0772. The average Bonchev–Trinajstić information content (AvgIpc) is 2.77. The van der Waals surface area contributed by atoms with E-state index in [2.05, 4.69) is 9.71 Å². The molecule has 2 N–H and O–H groups in total. The van der Waals surface area contributed by atoms with Gasteiger partial charge in [0.1, 0.15) is 0 Å². The summed E-state index contributed by atoms with van der Waals surface area (Å²) in [6.45, 7) is 3.56. The van der Waals surface area contributed by atoms with Gasteiger partial charge in [0.2, 0.25) is 0 Å². The van der Waals surface area contributed by atoms with Crippen LogP contribution in [0.4, 0.5) is 5.13 Å². The van der Waals surface area contributed by atoms with Gasteiger partial charge in [-0.15, -0.1) is 11.3 Å². The maximum atomic E-state index is 12.3. The smallest absolute Gasteiger partial charge is 0.264 e. The van der Waals surface area contributed by atoms with Crippen molar-refractivity contribution < 1.29 is 13.5 Å². The lowest BCUT2D eigenvalue weighted by Gasteiger charge is -2.08. The fourth-order valence-corrected chi connectivity index (χ4v) is 4.24. The predicted octanol–water partition coefficient (Wildman–Crippen LogP) is 2.31. The molecule has 2 aromatic rings. The number of aryl methyl sites for hydroxylation is 2. The molecule has 5 nitrogen and oxygen atoms in total. The maximum absolute atomic E-state index is 12.3. The Morgan fingerprint density at radius 3 is 2.65 bits per heavy atom. The van der Waals surface area contributed by atoms with Gasteiger partial charge >= 0.3 is 0 Å². The summed E-state index contributed by atoms with van der Waals surface area (Å²) >= 11 is 1.31. The fraction of sp³-hybridized carbons (Fsp3) is 0.308. The molecule has 2 rings (SSSR count). The lowest BCUT2D eigenvalue weighted by Crippen LogP contribution is -2.15. The molecule has 0 radical (unpaired) electrons. The summed E-state index contributed by atoms with van der Waals surface area (Å²) in [7, 11) is -3.73. The Morgan fingerprint density at radius 2 is 2.05 bits per heavy atom. The highest BCUT2D eigenvalue weighted by atomic mass is 32.2. The Bertz CT molecular complexity index is 708. The number of sulfonamides is 1. The van der Waals surface area contributed by atoms with Crippen molar-refractivity contribution in [3.05, 3.63) is 40.4 Å². The highest BCUT2D eigenvalue weighted by Gasteiger charge is 2.20. The zero-order valence-corrected chi connectivity index (χ0v) is 12.9. The van der Waals surface area contributed by atoms with E-state index >= 15 is 0 Å². The molecule has 0 atom stereocenters. The van der Waals surface area contributed by atoms with Crippen LogP contribution in [-0.2, 0) is 23.1 Å². The van der Waals surface area contributed by atoms with Gasteiger partial charge in [-0.25, -0.2) is 13.4 Å². The first-order valence-corrected chi connectivity index (χ1v) is 8.45. The van der Waals surface area contributed by atoms with Gasteiger partial charge in [0.15, 0.2) is 5.13 Å². The summed E-state index contributed by atoms with van der Waals surface area (Å²) in [5.41, 5.74) is 1.26. The number of aliphatic hydroxyl groups excluding tert-OH is 1. The summed E-state index contributed by atoms with van der Waals surface area (Å²) in [5.74, 6) is 0. The first-order valence-electron chi connectivity index (χ1n) is 6.15. The first kappa shape index (κ1) is 15.0. The van der Waals surface area contributed by atoms with E-state index in [1.54, 1.807) is 18.2 Å². The lowest BCUT2D eigenvalue weighted by atomic mass is 10.2. The number of aromatic nitrogens is 1. The molecule has 0 fully saturated rings. The van der Waals surface area contributed by atoms with Crippen molar-refractivity contribution in [1.29, 1.82) is 0 Å². The third-order valence-corrected chi connectivity index (χ3v) is 5.38. The molecule has 7 heteroatoms. The van der Waals surface area contributed by atoms with E-state index in [0.29, 0.717) is 10.7 Å². The van der Waals surface area contributed by atoms with E-state index in [1.165, 1.54) is 17.4 Å². The van der Waals surface area contributed by atoms with Gasteiger partial charge in [0.25, 0.3) is 10.0 Å². The molecule has 0 amide bonds. The number of thiazole rings is 1. The highest BCUT2D eigenvalue weighted by molar-refractivity contribution is 7.93. The second-order valence-electron chi connectivity index (χ2n) is 4.25. The van der Waals surface area contributed by atoms with E-state index in [0.717, 1.165) is 17.0 Å². The quantitative estimate of drug-likeness (QED) is 0.888. The third kappa shape index (κ3) is 3.00. The minimum atomic E-state index is -3.73. The number of aliphatic hydroxyl groups is 1. The van der Waals surface area contributed by atoms with Gasteiger partial charge < -0.3 is 5.11 Å². The molecule has 0 saturated carbocycles. The van der Waals surface area contributed by atoms with E-state index in [4.69, 9.17) is 0 Å². The Morgan fingerprint density at radius 1 is 1.35 bits per heavy atom. The van der Waals surface area contributed by atoms with Crippen LogP contribution in [-0.4, -0.2) is 18.5 Å². The van der Waals surface area contributed by atoms with E-state index in [1.807, 2.05) is 13.8 Å². The van der Waals surface area contributed by atoms with Crippen LogP contribution in [0.15, 0.2) is 29.2 Å². The van der Waals surface area contributed by atoms with E-state index in [9.17, 15) is 13.5 Å². The number of benzene rings is 1. The summed E-state index contributed by atoms with van der Waals surface area (Å²) in [6.07, 6.45) is 0.761. The number of anilines is 1. The Hall–Kier alpha value is -1.44. The topological polar surface area (TPSA) is 79.3 Å². The molecule has 0 bridgehead atoms. The Labute approximate surface area is 122 Å². The summed E-state index contributed by atoms with van der Waals surface area (Å²) in [4.78, 5) is 5.34. The molecule has 1 aromatic heterocycles. The van der Waals surface area contributed by atoms with Crippen LogP contribution in [0.5, 0.6) is 0 Å². The van der Waals surface area contributed by atoms with Crippen molar-refractivity contribution in [3.63, 3.8) is 0 Å². The van der Waals surface area contributed by atoms with Crippen LogP contribution in [0.3, 0.4) is 0 Å². The van der Waals surface area contributed by atoms with Crippen molar-refractivity contribution in [3.8, 4) is 0 Å². The van der Waals surface area contributed by atoms with Gasteiger partial charge in [0, 0.05) is 4.88 Å². The maximum Gasteiger partial charge on any atom is 0.264 e. The Kier molecular flexibility index (Phi) is 4.42. The first-order chi connectivity index (χ1) is 9.47. The van der Waals surface area contributed by atoms with Gasteiger partial charge in [-0.05, 0) is 25.0 Å². The fourth-order valence-electron chi connectivity index (χ4n) is 1.87. The summed E-state index contributed by atoms with van der Waals surface area (Å²) in [6, 6.07) is 6.36. The van der Waals surface area contributed by atoms with Crippen molar-refractivity contribution in [2.75, 3.05) is 4.72 Å².